The van der Waals surface area contributed by atoms with Crippen LogP contribution in [-0.4, -0.2) is 22.0 Å². The molecule has 1 rings (SSSR count). The Hall–Kier alpha value is -2.06. The molecule has 0 atom stereocenters. The summed E-state index contributed by atoms with van der Waals surface area (Å²) < 4.78 is 0. The lowest BCUT2D eigenvalue weighted by molar-refractivity contribution is -0.126. The Bertz CT molecular complexity index is 621. The van der Waals surface area contributed by atoms with Gasteiger partial charge in [-0.1, -0.05) is 20.8 Å². The number of hydrogen-bond donors (Lipinski definition) is 4. The number of carbonyl (C=O) groups is 2. The molecule has 124 valence electrons. The van der Waals surface area contributed by atoms with Crippen molar-refractivity contribution in [3.05, 3.63) is 24.3 Å². The maximum Gasteiger partial charge on any atom is 0.231 e. The first kappa shape index (κ1) is 19.0. The quantitative estimate of drug-likeness (QED) is 0.612. The molecule has 23 heavy (non-hydrogen) atoms. The van der Waals surface area contributed by atoms with E-state index in [2.05, 4.69) is 21.3 Å². The van der Waals surface area contributed by atoms with Crippen molar-refractivity contribution in [2.75, 3.05) is 10.6 Å². The van der Waals surface area contributed by atoms with Crippen molar-refractivity contribution in [2.24, 2.45) is 5.41 Å². The van der Waals surface area contributed by atoms with Gasteiger partial charge >= 0.3 is 0 Å². The number of benzene rings is 1. The van der Waals surface area contributed by atoms with Crippen LogP contribution in [0.3, 0.4) is 0 Å². The molecule has 0 bridgehead atoms. The molecular formula is C15H20N4O2S2. The Kier molecular flexibility index (Phi) is 6.59. The van der Waals surface area contributed by atoms with Crippen LogP contribution in [0.25, 0.3) is 0 Å². The maximum atomic E-state index is 11.8. The lowest BCUT2D eigenvalue weighted by atomic mass is 9.96. The summed E-state index contributed by atoms with van der Waals surface area (Å²) in [6, 6.07) is 7.08. The molecule has 1 aromatic carbocycles. The lowest BCUT2D eigenvalue weighted by Crippen LogP contribution is -2.41. The summed E-state index contributed by atoms with van der Waals surface area (Å²) >= 11 is 10.1. The second kappa shape index (κ2) is 7.98. The standard InChI is InChI=1S/C15H20N4O2S2/c1-9(20)16-13(22)17-10-5-7-11(8-6-10)18-14(23)19-12(21)15(2,3)4/h5-8H,1-4H3,(H2,16,17,20,22)(H2,18,19,21,23). The fourth-order valence-corrected chi connectivity index (χ4v) is 1.88. The van der Waals surface area contributed by atoms with E-state index in [-0.39, 0.29) is 22.0 Å². The molecule has 0 aliphatic rings. The first-order chi connectivity index (χ1) is 10.6. The van der Waals surface area contributed by atoms with E-state index in [0.717, 1.165) is 11.4 Å². The minimum atomic E-state index is -0.515. The van der Waals surface area contributed by atoms with E-state index in [1.54, 1.807) is 24.3 Å². The Morgan fingerprint density at radius 3 is 1.61 bits per heavy atom. The molecule has 0 spiro atoms. The SMILES string of the molecule is CC(=O)NC(=S)Nc1ccc(NC(=S)NC(=O)C(C)(C)C)cc1. The summed E-state index contributed by atoms with van der Waals surface area (Å²) in [5.41, 5.74) is 0.929. The van der Waals surface area contributed by atoms with Crippen LogP contribution in [0, 0.1) is 5.41 Å². The van der Waals surface area contributed by atoms with Gasteiger partial charge in [-0.05, 0) is 48.7 Å². The van der Waals surface area contributed by atoms with Gasteiger partial charge in [0, 0.05) is 23.7 Å². The molecule has 0 aliphatic heterocycles. The van der Waals surface area contributed by atoms with Crippen LogP contribution < -0.4 is 21.3 Å². The van der Waals surface area contributed by atoms with Crippen molar-refractivity contribution in [3.63, 3.8) is 0 Å². The van der Waals surface area contributed by atoms with Crippen molar-refractivity contribution >= 4 is 57.8 Å². The summed E-state index contributed by atoms with van der Waals surface area (Å²) in [4.78, 5) is 22.7. The largest absolute Gasteiger partial charge is 0.332 e. The van der Waals surface area contributed by atoms with Crippen molar-refractivity contribution in [1.82, 2.24) is 10.6 Å². The van der Waals surface area contributed by atoms with Gasteiger partial charge in [-0.25, -0.2) is 0 Å². The smallest absolute Gasteiger partial charge is 0.231 e. The van der Waals surface area contributed by atoms with Gasteiger partial charge in [-0.15, -0.1) is 0 Å². The monoisotopic (exact) mass is 352 g/mol. The van der Waals surface area contributed by atoms with Crippen LogP contribution in [0.15, 0.2) is 24.3 Å². The minimum absolute atomic E-state index is 0.158. The number of carbonyl (C=O) groups excluding carboxylic acids is 2. The molecule has 8 heteroatoms. The highest BCUT2D eigenvalue weighted by molar-refractivity contribution is 7.80. The van der Waals surface area contributed by atoms with E-state index in [1.165, 1.54) is 6.92 Å². The molecule has 6 nitrogen and oxygen atoms in total. The normalized spacial score (nSPS) is 10.4. The Morgan fingerprint density at radius 1 is 0.870 bits per heavy atom. The van der Waals surface area contributed by atoms with E-state index in [9.17, 15) is 9.59 Å². The zero-order chi connectivity index (χ0) is 17.6. The van der Waals surface area contributed by atoms with Crippen LogP contribution in [0.4, 0.5) is 11.4 Å². The number of hydrogen-bond acceptors (Lipinski definition) is 4. The third kappa shape index (κ3) is 7.16. The molecule has 0 heterocycles. The molecule has 0 fully saturated rings. The van der Waals surface area contributed by atoms with E-state index < -0.39 is 5.41 Å². The Morgan fingerprint density at radius 2 is 1.26 bits per heavy atom. The minimum Gasteiger partial charge on any atom is -0.332 e. The number of nitrogens with one attached hydrogen (secondary N) is 4. The van der Waals surface area contributed by atoms with Crippen LogP contribution in [-0.2, 0) is 9.59 Å². The van der Waals surface area contributed by atoms with Crippen LogP contribution >= 0.6 is 24.4 Å². The maximum absolute atomic E-state index is 11.8. The Balaban J connectivity index is 2.57. The molecule has 0 unspecified atom stereocenters. The summed E-state index contributed by atoms with van der Waals surface area (Å²) in [5, 5.41) is 11.4. The summed E-state index contributed by atoms with van der Waals surface area (Å²) in [5.74, 6) is -0.394. The van der Waals surface area contributed by atoms with Crippen molar-refractivity contribution in [2.45, 2.75) is 27.7 Å². The van der Waals surface area contributed by atoms with E-state index in [1.807, 2.05) is 20.8 Å². The third-order valence-electron chi connectivity index (χ3n) is 2.60. The summed E-state index contributed by atoms with van der Waals surface area (Å²) in [6.07, 6.45) is 0. The second-order valence-corrected chi connectivity index (χ2v) is 6.69. The van der Waals surface area contributed by atoms with Crippen LogP contribution in [0.1, 0.15) is 27.7 Å². The highest BCUT2D eigenvalue weighted by Gasteiger charge is 2.21. The average Bonchev–Trinajstić information content (AvgIpc) is 2.38. The van der Waals surface area contributed by atoms with E-state index >= 15 is 0 Å². The van der Waals surface area contributed by atoms with Gasteiger partial charge in [0.05, 0.1) is 0 Å². The molecule has 4 N–H and O–H groups in total. The van der Waals surface area contributed by atoms with Gasteiger partial charge in [0.1, 0.15) is 0 Å². The topological polar surface area (TPSA) is 82.3 Å². The highest BCUT2D eigenvalue weighted by atomic mass is 32.1. The molecule has 0 saturated heterocycles. The number of amides is 2. The lowest BCUT2D eigenvalue weighted by Gasteiger charge is -2.18. The fraction of sp³-hybridized carbons (Fsp3) is 0.333. The van der Waals surface area contributed by atoms with Gasteiger partial charge in [0.25, 0.3) is 0 Å². The number of thiocarbonyl (C=S) groups is 2. The van der Waals surface area contributed by atoms with Crippen molar-refractivity contribution in [3.8, 4) is 0 Å². The van der Waals surface area contributed by atoms with Gasteiger partial charge in [-0.3, -0.25) is 9.59 Å². The molecule has 0 radical (unpaired) electrons. The van der Waals surface area contributed by atoms with Gasteiger partial charge in [-0.2, -0.15) is 0 Å². The molecule has 0 saturated carbocycles. The van der Waals surface area contributed by atoms with Crippen molar-refractivity contribution in [1.29, 1.82) is 0 Å². The highest BCUT2D eigenvalue weighted by Crippen LogP contribution is 2.15. The van der Waals surface area contributed by atoms with Crippen molar-refractivity contribution < 1.29 is 9.59 Å². The average molecular weight is 352 g/mol. The predicted octanol–water partition coefficient (Wildman–Crippen LogP) is 2.38. The molecule has 0 aliphatic carbocycles. The Labute approximate surface area is 146 Å². The fourth-order valence-electron chi connectivity index (χ4n) is 1.41. The van der Waals surface area contributed by atoms with Gasteiger partial charge in [0.2, 0.25) is 11.8 Å². The molecule has 1 aromatic rings. The number of anilines is 2. The summed E-state index contributed by atoms with van der Waals surface area (Å²) in [7, 11) is 0. The second-order valence-electron chi connectivity index (χ2n) is 5.87. The summed E-state index contributed by atoms with van der Waals surface area (Å²) in [6.45, 7) is 6.81. The van der Waals surface area contributed by atoms with E-state index in [4.69, 9.17) is 24.4 Å². The molecular weight excluding hydrogens is 332 g/mol. The van der Waals surface area contributed by atoms with Crippen LogP contribution in [0.2, 0.25) is 0 Å². The van der Waals surface area contributed by atoms with Gasteiger partial charge < -0.3 is 21.3 Å². The third-order valence-corrected chi connectivity index (χ3v) is 3.01. The molecule has 2 amide bonds. The van der Waals surface area contributed by atoms with Gasteiger partial charge in [0.15, 0.2) is 10.2 Å². The zero-order valence-electron chi connectivity index (χ0n) is 13.4. The van der Waals surface area contributed by atoms with Crippen LogP contribution in [0.5, 0.6) is 0 Å². The number of rotatable bonds is 2. The van der Waals surface area contributed by atoms with E-state index in [0.29, 0.717) is 0 Å². The first-order valence-electron chi connectivity index (χ1n) is 6.89. The first-order valence-corrected chi connectivity index (χ1v) is 7.70. The molecule has 0 aromatic heterocycles. The zero-order valence-corrected chi connectivity index (χ0v) is 15.1. The predicted molar refractivity (Wildman–Crippen MR) is 100 cm³/mol.